The standard InChI is InChI=1S/C12H11N3O3/c16-10-4-8(12(17)18)6-15(10)9-3-7-1-2-13-11(7)14-5-9/h1-3,5,8H,4,6H2,(H,13,14)(H,17,18). The molecule has 2 aromatic rings. The fourth-order valence-corrected chi connectivity index (χ4v) is 2.20. The van der Waals surface area contributed by atoms with E-state index in [9.17, 15) is 9.59 Å². The number of hydrogen-bond acceptors (Lipinski definition) is 3. The molecule has 0 aromatic carbocycles. The van der Waals surface area contributed by atoms with Crippen molar-refractivity contribution < 1.29 is 14.7 Å². The summed E-state index contributed by atoms with van der Waals surface area (Å²) < 4.78 is 0. The number of amides is 1. The molecule has 1 amide bonds. The van der Waals surface area contributed by atoms with Gasteiger partial charge in [-0.1, -0.05) is 0 Å². The molecule has 6 heteroatoms. The zero-order valence-electron chi connectivity index (χ0n) is 9.46. The first kappa shape index (κ1) is 10.8. The van der Waals surface area contributed by atoms with Crippen LogP contribution in [0.1, 0.15) is 6.42 Å². The third-order valence-electron chi connectivity index (χ3n) is 3.17. The number of hydrogen-bond donors (Lipinski definition) is 2. The molecular weight excluding hydrogens is 234 g/mol. The number of carbonyl (C=O) groups is 2. The topological polar surface area (TPSA) is 86.3 Å². The van der Waals surface area contributed by atoms with Crippen LogP contribution >= 0.6 is 0 Å². The highest BCUT2D eigenvalue weighted by Gasteiger charge is 2.35. The molecule has 0 spiro atoms. The largest absolute Gasteiger partial charge is 0.481 e. The molecule has 6 nitrogen and oxygen atoms in total. The van der Waals surface area contributed by atoms with Gasteiger partial charge in [-0.2, -0.15) is 0 Å². The second-order valence-electron chi connectivity index (χ2n) is 4.35. The number of aromatic amines is 1. The monoisotopic (exact) mass is 245 g/mol. The van der Waals surface area contributed by atoms with Crippen LogP contribution in [0.4, 0.5) is 5.69 Å². The Bertz CT molecular complexity index is 634. The number of nitrogens with one attached hydrogen (secondary N) is 1. The van der Waals surface area contributed by atoms with E-state index in [1.54, 1.807) is 12.4 Å². The Morgan fingerprint density at radius 2 is 2.39 bits per heavy atom. The summed E-state index contributed by atoms with van der Waals surface area (Å²) in [6.45, 7) is 0.214. The van der Waals surface area contributed by atoms with Crippen molar-refractivity contribution in [2.75, 3.05) is 11.4 Å². The summed E-state index contributed by atoms with van der Waals surface area (Å²) in [6.07, 6.45) is 3.41. The van der Waals surface area contributed by atoms with Crippen molar-refractivity contribution in [3.63, 3.8) is 0 Å². The Balaban J connectivity index is 1.94. The van der Waals surface area contributed by atoms with Crippen molar-refractivity contribution in [3.05, 3.63) is 24.5 Å². The third kappa shape index (κ3) is 1.62. The van der Waals surface area contributed by atoms with Gasteiger partial charge in [0.25, 0.3) is 0 Å². The minimum atomic E-state index is -0.929. The first-order valence-electron chi connectivity index (χ1n) is 5.61. The molecule has 0 aliphatic carbocycles. The predicted molar refractivity (Wildman–Crippen MR) is 64.2 cm³/mol. The van der Waals surface area contributed by atoms with Crippen LogP contribution in [0.25, 0.3) is 11.0 Å². The van der Waals surface area contributed by atoms with E-state index in [1.807, 2.05) is 12.1 Å². The van der Waals surface area contributed by atoms with Gasteiger partial charge in [0.1, 0.15) is 5.65 Å². The molecule has 2 N–H and O–H groups in total. The fourth-order valence-electron chi connectivity index (χ4n) is 2.20. The van der Waals surface area contributed by atoms with Gasteiger partial charge in [0.15, 0.2) is 0 Å². The molecule has 3 rings (SSSR count). The molecule has 2 aromatic heterocycles. The van der Waals surface area contributed by atoms with Crippen LogP contribution in [0.2, 0.25) is 0 Å². The normalized spacial score (nSPS) is 19.7. The molecule has 0 saturated carbocycles. The molecule has 1 atom stereocenters. The average Bonchev–Trinajstić information content (AvgIpc) is 2.93. The minimum Gasteiger partial charge on any atom is -0.481 e. The summed E-state index contributed by atoms with van der Waals surface area (Å²) >= 11 is 0. The van der Waals surface area contributed by atoms with Crippen LogP contribution in [0.15, 0.2) is 24.5 Å². The van der Waals surface area contributed by atoms with Gasteiger partial charge in [0, 0.05) is 24.5 Å². The van der Waals surface area contributed by atoms with Crippen molar-refractivity contribution in [1.29, 1.82) is 0 Å². The number of carboxylic acid groups (broad SMARTS) is 1. The van der Waals surface area contributed by atoms with Crippen molar-refractivity contribution in [3.8, 4) is 0 Å². The van der Waals surface area contributed by atoms with Gasteiger partial charge in [0.05, 0.1) is 17.8 Å². The zero-order valence-corrected chi connectivity index (χ0v) is 9.46. The van der Waals surface area contributed by atoms with E-state index < -0.39 is 11.9 Å². The number of pyridine rings is 1. The maximum absolute atomic E-state index is 11.8. The SMILES string of the molecule is O=C(O)C1CC(=O)N(c2cnc3[nH]ccc3c2)C1. The number of carboxylic acids is 1. The van der Waals surface area contributed by atoms with Gasteiger partial charge < -0.3 is 15.0 Å². The van der Waals surface area contributed by atoms with E-state index in [1.165, 1.54) is 4.90 Å². The van der Waals surface area contributed by atoms with Crippen molar-refractivity contribution in [2.45, 2.75) is 6.42 Å². The second kappa shape index (κ2) is 3.83. The molecule has 0 radical (unpaired) electrons. The Morgan fingerprint density at radius 1 is 1.56 bits per heavy atom. The molecule has 3 heterocycles. The summed E-state index contributed by atoms with van der Waals surface area (Å²) in [6, 6.07) is 3.70. The van der Waals surface area contributed by atoms with Gasteiger partial charge in [-0.15, -0.1) is 0 Å². The van der Waals surface area contributed by atoms with Crippen LogP contribution < -0.4 is 4.90 Å². The number of rotatable bonds is 2. The van der Waals surface area contributed by atoms with Crippen LogP contribution in [-0.2, 0) is 9.59 Å². The summed E-state index contributed by atoms with van der Waals surface area (Å²) in [5.74, 6) is -1.72. The Kier molecular flexibility index (Phi) is 2.29. The lowest BCUT2D eigenvalue weighted by molar-refractivity contribution is -0.141. The maximum Gasteiger partial charge on any atom is 0.308 e. The van der Waals surface area contributed by atoms with Gasteiger partial charge >= 0.3 is 5.97 Å². The number of aromatic nitrogens is 2. The smallest absolute Gasteiger partial charge is 0.308 e. The van der Waals surface area contributed by atoms with Crippen molar-refractivity contribution >= 4 is 28.6 Å². The van der Waals surface area contributed by atoms with E-state index in [4.69, 9.17) is 5.11 Å². The molecule has 1 unspecified atom stereocenters. The number of fused-ring (bicyclic) bond motifs is 1. The number of nitrogens with zero attached hydrogens (tertiary/aromatic N) is 2. The summed E-state index contributed by atoms with van der Waals surface area (Å²) in [4.78, 5) is 31.3. The van der Waals surface area contributed by atoms with Crippen LogP contribution in [-0.4, -0.2) is 33.5 Å². The van der Waals surface area contributed by atoms with Crippen molar-refractivity contribution in [1.82, 2.24) is 9.97 Å². The van der Waals surface area contributed by atoms with Crippen LogP contribution in [0.5, 0.6) is 0 Å². The quantitative estimate of drug-likeness (QED) is 0.826. The molecule has 1 aliphatic heterocycles. The van der Waals surface area contributed by atoms with Gasteiger partial charge in [0.2, 0.25) is 5.91 Å². The highest BCUT2D eigenvalue weighted by molar-refractivity contribution is 6.00. The maximum atomic E-state index is 11.8. The van der Waals surface area contributed by atoms with Gasteiger partial charge in [-0.3, -0.25) is 9.59 Å². The minimum absolute atomic E-state index is 0.0561. The fraction of sp³-hybridized carbons (Fsp3) is 0.250. The van der Waals surface area contributed by atoms with E-state index in [0.717, 1.165) is 11.0 Å². The number of aliphatic carboxylic acids is 1. The van der Waals surface area contributed by atoms with Gasteiger partial charge in [-0.25, -0.2) is 4.98 Å². The number of H-pyrrole nitrogens is 1. The van der Waals surface area contributed by atoms with E-state index in [-0.39, 0.29) is 18.9 Å². The predicted octanol–water partition coefficient (Wildman–Crippen LogP) is 1.00. The molecule has 0 bridgehead atoms. The summed E-state index contributed by atoms with van der Waals surface area (Å²) in [7, 11) is 0. The lowest BCUT2D eigenvalue weighted by Crippen LogP contribution is -2.25. The number of carbonyl (C=O) groups excluding carboxylic acids is 1. The van der Waals surface area contributed by atoms with Crippen LogP contribution in [0, 0.1) is 5.92 Å². The molecule has 1 saturated heterocycles. The first-order chi connectivity index (χ1) is 8.65. The second-order valence-corrected chi connectivity index (χ2v) is 4.35. The molecule has 18 heavy (non-hydrogen) atoms. The van der Waals surface area contributed by atoms with E-state index in [0.29, 0.717) is 5.69 Å². The van der Waals surface area contributed by atoms with E-state index in [2.05, 4.69) is 9.97 Å². The lowest BCUT2D eigenvalue weighted by atomic mass is 10.1. The Labute approximate surface area is 102 Å². The zero-order chi connectivity index (χ0) is 12.7. The lowest BCUT2D eigenvalue weighted by Gasteiger charge is -2.15. The van der Waals surface area contributed by atoms with Gasteiger partial charge in [-0.05, 0) is 12.1 Å². The van der Waals surface area contributed by atoms with Crippen molar-refractivity contribution in [2.24, 2.45) is 5.92 Å². The highest BCUT2D eigenvalue weighted by atomic mass is 16.4. The number of anilines is 1. The Hall–Kier alpha value is -2.37. The highest BCUT2D eigenvalue weighted by Crippen LogP contribution is 2.26. The Morgan fingerprint density at radius 3 is 3.11 bits per heavy atom. The average molecular weight is 245 g/mol. The molecule has 1 fully saturated rings. The third-order valence-corrected chi connectivity index (χ3v) is 3.17. The molecule has 1 aliphatic rings. The van der Waals surface area contributed by atoms with E-state index >= 15 is 0 Å². The first-order valence-corrected chi connectivity index (χ1v) is 5.61. The summed E-state index contributed by atoms with van der Waals surface area (Å²) in [5, 5.41) is 9.84. The summed E-state index contributed by atoms with van der Waals surface area (Å²) in [5.41, 5.74) is 1.40. The molecular formula is C12H11N3O3. The molecule has 92 valence electrons. The van der Waals surface area contributed by atoms with Crippen LogP contribution in [0.3, 0.4) is 0 Å².